The molecule has 1 aromatic heterocycles. The van der Waals surface area contributed by atoms with Gasteiger partial charge in [0, 0.05) is 38.9 Å². The molecule has 0 aliphatic carbocycles. The number of nitrogens with one attached hydrogen (secondary N) is 1. The maximum atomic E-state index is 13.1. The van der Waals surface area contributed by atoms with Gasteiger partial charge in [-0.25, -0.2) is 4.98 Å². The summed E-state index contributed by atoms with van der Waals surface area (Å²) in [6.45, 7) is 3.13. The molecule has 0 atom stereocenters. The lowest BCUT2D eigenvalue weighted by Gasteiger charge is -2.29. The molecule has 9 nitrogen and oxygen atoms in total. The van der Waals surface area contributed by atoms with Crippen LogP contribution in [0.2, 0.25) is 0 Å². The molecule has 1 N–H and O–H groups in total. The zero-order chi connectivity index (χ0) is 22.9. The fraction of sp³-hybridized carbons (Fsp3) is 0.292. The molecular formula is C24H26N6O3. The van der Waals surface area contributed by atoms with E-state index in [-0.39, 0.29) is 5.91 Å². The van der Waals surface area contributed by atoms with E-state index in [2.05, 4.69) is 20.2 Å². The molecule has 33 heavy (non-hydrogen) atoms. The third-order valence-electron chi connectivity index (χ3n) is 6.04. The van der Waals surface area contributed by atoms with E-state index in [9.17, 15) is 4.79 Å². The Morgan fingerprint density at radius 3 is 2.61 bits per heavy atom. The lowest BCUT2D eigenvalue weighted by atomic mass is 10.1. The Kier molecular flexibility index (Phi) is 5.47. The third kappa shape index (κ3) is 3.80. The SMILES string of the molecule is COc1cc(N2CCOCC2)ccc1Nc1ncc2c(n1)N(C)C(=O)c1ccccc1N2C. The Balaban J connectivity index is 1.46. The number of nitrogens with zero attached hydrogens (tertiary/aromatic N) is 5. The second-order valence-electron chi connectivity index (χ2n) is 7.95. The molecule has 3 heterocycles. The van der Waals surface area contributed by atoms with E-state index >= 15 is 0 Å². The van der Waals surface area contributed by atoms with Gasteiger partial charge in [-0.05, 0) is 24.3 Å². The molecule has 0 unspecified atom stereocenters. The van der Waals surface area contributed by atoms with Crippen molar-refractivity contribution in [2.24, 2.45) is 0 Å². The Hall–Kier alpha value is -3.85. The Morgan fingerprint density at radius 2 is 1.82 bits per heavy atom. The lowest BCUT2D eigenvalue weighted by molar-refractivity contribution is 0.0993. The van der Waals surface area contributed by atoms with Crippen molar-refractivity contribution in [2.45, 2.75) is 0 Å². The van der Waals surface area contributed by atoms with Gasteiger partial charge in [0.1, 0.15) is 11.4 Å². The zero-order valence-corrected chi connectivity index (χ0v) is 18.9. The zero-order valence-electron chi connectivity index (χ0n) is 18.9. The van der Waals surface area contributed by atoms with Gasteiger partial charge in [-0.2, -0.15) is 4.98 Å². The first kappa shape index (κ1) is 21.0. The predicted molar refractivity (Wildman–Crippen MR) is 129 cm³/mol. The maximum Gasteiger partial charge on any atom is 0.261 e. The van der Waals surface area contributed by atoms with Gasteiger partial charge in [-0.15, -0.1) is 0 Å². The number of para-hydroxylation sites is 1. The van der Waals surface area contributed by atoms with Gasteiger partial charge in [0.25, 0.3) is 5.91 Å². The first-order chi connectivity index (χ1) is 16.1. The summed E-state index contributed by atoms with van der Waals surface area (Å²) in [5, 5.41) is 3.25. The normalized spacial score (nSPS) is 15.6. The van der Waals surface area contributed by atoms with Crippen molar-refractivity contribution in [3.05, 3.63) is 54.2 Å². The van der Waals surface area contributed by atoms with Crippen LogP contribution in [0, 0.1) is 0 Å². The molecule has 2 aliphatic heterocycles. The molecular weight excluding hydrogens is 420 g/mol. The number of methoxy groups -OCH3 is 1. The minimum absolute atomic E-state index is 0.117. The third-order valence-corrected chi connectivity index (χ3v) is 6.04. The predicted octanol–water partition coefficient (Wildman–Crippen LogP) is 3.42. The molecule has 0 bridgehead atoms. The molecule has 2 aliphatic rings. The highest BCUT2D eigenvalue weighted by Crippen LogP contribution is 2.38. The average molecular weight is 447 g/mol. The monoisotopic (exact) mass is 446 g/mol. The fourth-order valence-corrected chi connectivity index (χ4v) is 4.19. The summed E-state index contributed by atoms with van der Waals surface area (Å²) >= 11 is 0. The topological polar surface area (TPSA) is 83.1 Å². The van der Waals surface area contributed by atoms with Crippen molar-refractivity contribution in [1.82, 2.24) is 9.97 Å². The smallest absolute Gasteiger partial charge is 0.261 e. The summed E-state index contributed by atoms with van der Waals surface area (Å²) in [7, 11) is 5.28. The molecule has 9 heteroatoms. The van der Waals surface area contributed by atoms with Crippen molar-refractivity contribution in [3.8, 4) is 5.75 Å². The van der Waals surface area contributed by atoms with Crippen LogP contribution in [-0.4, -0.2) is 63.4 Å². The Labute approximate surface area is 192 Å². The highest BCUT2D eigenvalue weighted by Gasteiger charge is 2.29. The molecule has 0 radical (unpaired) electrons. The van der Waals surface area contributed by atoms with Crippen molar-refractivity contribution in [1.29, 1.82) is 0 Å². The number of hydrogen-bond acceptors (Lipinski definition) is 8. The van der Waals surface area contributed by atoms with Gasteiger partial charge in [0.2, 0.25) is 5.95 Å². The van der Waals surface area contributed by atoms with Crippen LogP contribution in [0.3, 0.4) is 0 Å². The number of rotatable bonds is 4. The summed E-state index contributed by atoms with van der Waals surface area (Å²) < 4.78 is 11.1. The molecule has 0 saturated carbocycles. The van der Waals surface area contributed by atoms with Crippen LogP contribution >= 0.6 is 0 Å². The molecule has 3 aromatic rings. The summed E-state index contributed by atoms with van der Waals surface area (Å²) in [5.74, 6) is 1.48. The summed E-state index contributed by atoms with van der Waals surface area (Å²) in [5.41, 5.74) is 4.01. The van der Waals surface area contributed by atoms with E-state index in [1.165, 1.54) is 0 Å². The second-order valence-corrected chi connectivity index (χ2v) is 7.95. The molecule has 5 rings (SSSR count). The molecule has 1 saturated heterocycles. The van der Waals surface area contributed by atoms with Crippen molar-refractivity contribution >= 4 is 40.4 Å². The van der Waals surface area contributed by atoms with Gasteiger partial charge < -0.3 is 24.6 Å². The van der Waals surface area contributed by atoms with Gasteiger partial charge in [0.05, 0.1) is 43.5 Å². The Bertz CT molecular complexity index is 1190. The van der Waals surface area contributed by atoms with Crippen LogP contribution in [0.15, 0.2) is 48.7 Å². The van der Waals surface area contributed by atoms with E-state index in [0.717, 1.165) is 49.1 Å². The van der Waals surface area contributed by atoms with E-state index in [0.29, 0.717) is 23.1 Å². The number of anilines is 6. The number of fused-ring (bicyclic) bond motifs is 2. The minimum atomic E-state index is -0.117. The number of aromatic nitrogens is 2. The standard InChI is InChI=1S/C24H26N6O3/c1-28-19-7-5-4-6-17(19)23(31)29(2)22-20(28)15-25-24(27-22)26-18-9-8-16(14-21(18)32-3)30-10-12-33-13-11-30/h4-9,14-15H,10-13H2,1-3H3,(H,25,26,27). The Morgan fingerprint density at radius 1 is 1.03 bits per heavy atom. The van der Waals surface area contributed by atoms with E-state index < -0.39 is 0 Å². The van der Waals surface area contributed by atoms with Gasteiger partial charge >= 0.3 is 0 Å². The minimum Gasteiger partial charge on any atom is -0.494 e. The summed E-state index contributed by atoms with van der Waals surface area (Å²) in [6.07, 6.45) is 1.73. The van der Waals surface area contributed by atoms with Gasteiger partial charge in [-0.1, -0.05) is 12.1 Å². The second kappa shape index (κ2) is 8.59. The van der Waals surface area contributed by atoms with Crippen molar-refractivity contribution in [2.75, 3.05) is 67.5 Å². The number of hydrogen-bond donors (Lipinski definition) is 1. The first-order valence-corrected chi connectivity index (χ1v) is 10.8. The van der Waals surface area contributed by atoms with E-state index in [1.54, 1.807) is 25.3 Å². The largest absolute Gasteiger partial charge is 0.494 e. The van der Waals surface area contributed by atoms with Crippen LogP contribution in [0.25, 0.3) is 0 Å². The van der Waals surface area contributed by atoms with Crippen molar-refractivity contribution < 1.29 is 14.3 Å². The van der Waals surface area contributed by atoms with Crippen LogP contribution < -0.4 is 24.8 Å². The van der Waals surface area contributed by atoms with Crippen LogP contribution in [0.1, 0.15) is 10.4 Å². The first-order valence-electron chi connectivity index (χ1n) is 10.8. The maximum absolute atomic E-state index is 13.1. The lowest BCUT2D eigenvalue weighted by Crippen LogP contribution is -2.36. The number of ether oxygens (including phenoxy) is 2. The van der Waals surface area contributed by atoms with E-state index in [4.69, 9.17) is 9.47 Å². The molecule has 2 aromatic carbocycles. The van der Waals surface area contributed by atoms with Crippen LogP contribution in [0.4, 0.5) is 34.5 Å². The quantitative estimate of drug-likeness (QED) is 0.653. The molecule has 1 fully saturated rings. The summed E-state index contributed by atoms with van der Waals surface area (Å²) in [6, 6.07) is 13.5. The highest BCUT2D eigenvalue weighted by molar-refractivity contribution is 6.12. The molecule has 0 spiro atoms. The number of carbonyl (C=O) groups excluding carboxylic acids is 1. The van der Waals surface area contributed by atoms with Crippen molar-refractivity contribution in [3.63, 3.8) is 0 Å². The molecule has 1 amide bonds. The number of benzene rings is 2. The fourth-order valence-electron chi connectivity index (χ4n) is 4.19. The summed E-state index contributed by atoms with van der Waals surface area (Å²) in [4.78, 5) is 28.0. The highest BCUT2D eigenvalue weighted by atomic mass is 16.5. The number of morpholine rings is 1. The van der Waals surface area contributed by atoms with Crippen LogP contribution in [0.5, 0.6) is 5.75 Å². The van der Waals surface area contributed by atoms with Crippen LogP contribution in [-0.2, 0) is 4.74 Å². The molecule has 170 valence electrons. The van der Waals surface area contributed by atoms with E-state index in [1.807, 2.05) is 54.4 Å². The van der Waals surface area contributed by atoms with Gasteiger partial charge in [-0.3, -0.25) is 9.69 Å². The number of carbonyl (C=O) groups is 1. The average Bonchev–Trinajstić information content (AvgIpc) is 2.94. The number of amides is 1. The van der Waals surface area contributed by atoms with Gasteiger partial charge in [0.15, 0.2) is 5.82 Å².